The minimum atomic E-state index is -0.542. The van der Waals surface area contributed by atoms with Gasteiger partial charge in [0.2, 0.25) is 5.91 Å². The molecule has 0 bridgehead atoms. The van der Waals surface area contributed by atoms with Crippen molar-refractivity contribution in [3.05, 3.63) is 33.6 Å². The number of halogens is 3. The third kappa shape index (κ3) is 3.85. The summed E-state index contributed by atoms with van der Waals surface area (Å²) in [7, 11) is 0. The Morgan fingerprint density at radius 3 is 2.83 bits per heavy atom. The summed E-state index contributed by atoms with van der Waals surface area (Å²) in [4.78, 5) is 14.3. The number of hydrogen-bond acceptors (Lipinski definition) is 3. The molecular weight excluding hydrogens is 354 g/mol. The van der Waals surface area contributed by atoms with E-state index in [-0.39, 0.29) is 22.9 Å². The number of nitrogens with zero attached hydrogens (tertiary/aromatic N) is 1. The Morgan fingerprint density at radius 2 is 2.12 bits per heavy atom. The van der Waals surface area contributed by atoms with E-state index in [1.54, 1.807) is 4.90 Å². The van der Waals surface area contributed by atoms with Crippen LogP contribution in [0.25, 0.3) is 0 Å². The number of nitrogens with two attached hydrogens (primary N) is 1. The molecule has 4 nitrogen and oxygen atoms in total. The van der Waals surface area contributed by atoms with Gasteiger partial charge < -0.3 is 15.4 Å². The highest BCUT2D eigenvalue weighted by Gasteiger charge is 2.31. The normalized spacial score (nSPS) is 27.5. The Morgan fingerprint density at radius 1 is 1.33 bits per heavy atom. The summed E-state index contributed by atoms with van der Waals surface area (Å²) in [5.74, 6) is -0.202. The molecule has 2 N–H and O–H groups in total. The molecule has 2 aliphatic rings. The number of rotatable bonds is 3. The summed E-state index contributed by atoms with van der Waals surface area (Å²) in [5.41, 5.74) is 6.58. The topological polar surface area (TPSA) is 55.6 Å². The first-order valence-corrected chi connectivity index (χ1v) is 9.00. The molecule has 1 saturated heterocycles. The smallest absolute Gasteiger partial charge is 0.223 e. The molecule has 0 radical (unpaired) electrons. The lowest BCUT2D eigenvalue weighted by atomic mass is 9.99. The van der Waals surface area contributed by atoms with Gasteiger partial charge in [0, 0.05) is 29.6 Å². The number of amides is 1. The van der Waals surface area contributed by atoms with Crippen molar-refractivity contribution >= 4 is 29.1 Å². The van der Waals surface area contributed by atoms with Gasteiger partial charge in [0.05, 0.1) is 18.2 Å². The summed E-state index contributed by atoms with van der Waals surface area (Å²) >= 11 is 11.9. The second kappa shape index (κ2) is 7.56. The molecular formula is C17H21Cl2FN2O2. The maximum absolute atomic E-state index is 13.7. The van der Waals surface area contributed by atoms with Gasteiger partial charge in [0.1, 0.15) is 11.9 Å². The predicted molar refractivity (Wildman–Crippen MR) is 91.6 cm³/mol. The van der Waals surface area contributed by atoms with Crippen molar-refractivity contribution in [1.29, 1.82) is 0 Å². The van der Waals surface area contributed by atoms with E-state index in [4.69, 9.17) is 33.7 Å². The summed E-state index contributed by atoms with van der Waals surface area (Å²) in [6.45, 7) is 1.29. The Labute approximate surface area is 151 Å². The first-order valence-electron chi connectivity index (χ1n) is 8.25. The van der Waals surface area contributed by atoms with Gasteiger partial charge in [-0.2, -0.15) is 0 Å². The van der Waals surface area contributed by atoms with Crippen molar-refractivity contribution in [2.24, 2.45) is 11.7 Å². The van der Waals surface area contributed by atoms with Crippen LogP contribution in [0.2, 0.25) is 10.0 Å². The standard InChI is InChI=1S/C17H21Cl2FN2O2/c18-12-8-13(19)14(20)7-11(12)16-9-22(4-5-24-16)17(23)6-10-2-1-3-15(10)21/h7-8,10,15-16H,1-6,9,21H2/t10-,15+,16?/m0/s1. The van der Waals surface area contributed by atoms with Crippen molar-refractivity contribution in [3.8, 4) is 0 Å². The molecule has 3 rings (SSSR count). The molecule has 1 aromatic carbocycles. The molecule has 1 aromatic rings. The predicted octanol–water partition coefficient (Wildman–Crippen LogP) is 3.55. The van der Waals surface area contributed by atoms with E-state index in [1.807, 2.05) is 0 Å². The molecule has 3 atom stereocenters. The van der Waals surface area contributed by atoms with Crippen molar-refractivity contribution in [2.45, 2.75) is 37.8 Å². The summed E-state index contributed by atoms with van der Waals surface area (Å²) in [5, 5.41) is 0.321. The van der Waals surface area contributed by atoms with Crippen LogP contribution in [0, 0.1) is 11.7 Å². The molecule has 0 spiro atoms. The highest BCUT2D eigenvalue weighted by Crippen LogP contribution is 2.33. The zero-order valence-electron chi connectivity index (χ0n) is 13.3. The SMILES string of the molecule is N[C@@H]1CCC[C@H]1CC(=O)N1CCOC(c2cc(F)c(Cl)cc2Cl)C1. The molecule has 132 valence electrons. The number of carbonyl (C=O) groups excluding carboxylic acids is 1. The number of ether oxygens (including phenoxy) is 1. The van der Waals surface area contributed by atoms with E-state index >= 15 is 0 Å². The van der Waals surface area contributed by atoms with Crippen LogP contribution in [-0.4, -0.2) is 36.5 Å². The van der Waals surface area contributed by atoms with Crippen LogP contribution in [0.4, 0.5) is 4.39 Å². The Kier molecular flexibility index (Phi) is 5.65. The van der Waals surface area contributed by atoms with E-state index in [0.717, 1.165) is 19.3 Å². The monoisotopic (exact) mass is 374 g/mol. The minimum absolute atomic E-state index is 0.0253. The van der Waals surface area contributed by atoms with Gasteiger partial charge >= 0.3 is 0 Å². The Balaban J connectivity index is 1.68. The van der Waals surface area contributed by atoms with Gasteiger partial charge in [0.15, 0.2) is 0 Å². The first kappa shape index (κ1) is 17.9. The van der Waals surface area contributed by atoms with Crippen LogP contribution in [-0.2, 0) is 9.53 Å². The lowest BCUT2D eigenvalue weighted by Crippen LogP contribution is -2.43. The average Bonchev–Trinajstić information content (AvgIpc) is 2.96. The van der Waals surface area contributed by atoms with E-state index in [2.05, 4.69) is 0 Å². The summed E-state index contributed by atoms with van der Waals surface area (Å²) in [6.07, 6.45) is 3.11. The van der Waals surface area contributed by atoms with Crippen molar-refractivity contribution in [2.75, 3.05) is 19.7 Å². The third-order valence-corrected chi connectivity index (χ3v) is 5.58. The van der Waals surface area contributed by atoms with Gasteiger partial charge in [-0.15, -0.1) is 0 Å². The number of hydrogen-bond donors (Lipinski definition) is 1. The fourth-order valence-electron chi connectivity index (χ4n) is 3.52. The van der Waals surface area contributed by atoms with E-state index in [0.29, 0.717) is 36.7 Å². The third-order valence-electron chi connectivity index (χ3n) is 4.96. The maximum atomic E-state index is 13.7. The zero-order valence-corrected chi connectivity index (χ0v) is 14.8. The van der Waals surface area contributed by atoms with Crippen molar-refractivity contribution in [3.63, 3.8) is 0 Å². The highest BCUT2D eigenvalue weighted by atomic mass is 35.5. The first-order chi connectivity index (χ1) is 11.5. The van der Waals surface area contributed by atoms with E-state index in [1.165, 1.54) is 12.1 Å². The van der Waals surface area contributed by atoms with E-state index < -0.39 is 11.9 Å². The Hall–Kier alpha value is -0.880. The average molecular weight is 375 g/mol. The number of benzene rings is 1. The quantitative estimate of drug-likeness (QED) is 0.823. The molecule has 0 aromatic heterocycles. The lowest BCUT2D eigenvalue weighted by Gasteiger charge is -2.34. The Bertz CT molecular complexity index is 629. The van der Waals surface area contributed by atoms with Gasteiger partial charge in [0.25, 0.3) is 0 Å². The van der Waals surface area contributed by atoms with Gasteiger partial charge in [-0.05, 0) is 30.9 Å². The van der Waals surface area contributed by atoms with Crippen LogP contribution in [0.5, 0.6) is 0 Å². The summed E-state index contributed by atoms with van der Waals surface area (Å²) < 4.78 is 19.4. The fourth-order valence-corrected chi connectivity index (χ4v) is 4.03. The van der Waals surface area contributed by atoms with Crippen molar-refractivity contribution < 1.29 is 13.9 Å². The molecule has 1 aliphatic carbocycles. The summed E-state index contributed by atoms with van der Waals surface area (Å²) in [6, 6.07) is 2.77. The molecule has 1 aliphatic heterocycles. The van der Waals surface area contributed by atoms with Gasteiger partial charge in [-0.25, -0.2) is 4.39 Å². The van der Waals surface area contributed by atoms with Crippen LogP contribution in [0.15, 0.2) is 12.1 Å². The zero-order chi connectivity index (χ0) is 17.3. The van der Waals surface area contributed by atoms with Crippen LogP contribution < -0.4 is 5.73 Å². The second-order valence-corrected chi connectivity index (χ2v) is 7.36. The van der Waals surface area contributed by atoms with Crippen LogP contribution in [0.3, 0.4) is 0 Å². The molecule has 1 saturated carbocycles. The molecule has 1 unspecified atom stereocenters. The maximum Gasteiger partial charge on any atom is 0.223 e. The second-order valence-electron chi connectivity index (χ2n) is 6.55. The molecule has 2 fully saturated rings. The molecule has 1 amide bonds. The molecule has 1 heterocycles. The largest absolute Gasteiger partial charge is 0.370 e. The molecule has 24 heavy (non-hydrogen) atoms. The highest BCUT2D eigenvalue weighted by molar-refractivity contribution is 6.35. The van der Waals surface area contributed by atoms with Crippen LogP contribution in [0.1, 0.15) is 37.4 Å². The lowest BCUT2D eigenvalue weighted by molar-refractivity contribution is -0.140. The number of carbonyl (C=O) groups is 1. The fraction of sp³-hybridized carbons (Fsp3) is 0.588. The van der Waals surface area contributed by atoms with Gasteiger partial charge in [-0.1, -0.05) is 29.6 Å². The van der Waals surface area contributed by atoms with Gasteiger partial charge in [-0.3, -0.25) is 4.79 Å². The van der Waals surface area contributed by atoms with Crippen molar-refractivity contribution in [1.82, 2.24) is 4.90 Å². The molecule has 7 heteroatoms. The van der Waals surface area contributed by atoms with E-state index in [9.17, 15) is 9.18 Å². The minimum Gasteiger partial charge on any atom is -0.370 e. The number of morpholine rings is 1. The van der Waals surface area contributed by atoms with Crippen LogP contribution >= 0.6 is 23.2 Å².